The zero-order valence-electron chi connectivity index (χ0n) is 9.21. The van der Waals surface area contributed by atoms with Gasteiger partial charge in [0.2, 0.25) is 0 Å². The molecule has 2 aliphatic heterocycles. The maximum Gasteiger partial charge on any atom is 0.164 e. The van der Waals surface area contributed by atoms with E-state index in [1.54, 1.807) is 0 Å². The number of hydrogen-bond acceptors (Lipinski definition) is 8. The highest BCUT2D eigenvalue weighted by Crippen LogP contribution is 2.38. The maximum absolute atomic E-state index is 9.86. The first-order chi connectivity index (χ1) is 8.63. The molecule has 5 atom stereocenters. The molecule has 0 aromatic heterocycles. The van der Waals surface area contributed by atoms with Gasteiger partial charge in [-0.05, 0) is 0 Å². The fraction of sp³-hybridized carbons (Fsp3) is 0.556. The van der Waals surface area contributed by atoms with Crippen LogP contribution in [0.1, 0.15) is 0 Å². The summed E-state index contributed by atoms with van der Waals surface area (Å²) >= 11 is 0. The minimum absolute atomic E-state index is 0.0587. The van der Waals surface area contributed by atoms with E-state index >= 15 is 0 Å². The molecule has 98 valence electrons. The Morgan fingerprint density at radius 1 is 1.33 bits per heavy atom. The Morgan fingerprint density at radius 3 is 2.56 bits per heavy atom. The van der Waals surface area contributed by atoms with E-state index in [0.29, 0.717) is 0 Å². The van der Waals surface area contributed by atoms with Crippen LogP contribution in [0.3, 0.4) is 0 Å². The Balaban J connectivity index is 2.24. The lowest BCUT2D eigenvalue weighted by molar-refractivity contribution is -0.0537. The van der Waals surface area contributed by atoms with Gasteiger partial charge < -0.3 is 25.1 Å². The molecule has 6 N–H and O–H groups in total. The third-order valence-corrected chi connectivity index (χ3v) is 3.87. The van der Waals surface area contributed by atoms with Gasteiger partial charge in [0, 0.05) is 11.7 Å². The molecular weight excluding hydrogens is 259 g/mol. The summed E-state index contributed by atoms with van der Waals surface area (Å²) in [4.78, 5) is 0. The molecule has 0 spiro atoms. The Labute approximate surface area is 104 Å². The lowest BCUT2D eigenvalue weighted by Gasteiger charge is -2.25. The SMILES string of the molecule is N=C=C1NPN([C@@H]2O[C@H](CO)[C@@H](O)[C@H]2O)C1=C=N. The Hall–Kier alpha value is -1.23. The van der Waals surface area contributed by atoms with Gasteiger partial charge in [0.05, 0.1) is 15.5 Å². The van der Waals surface area contributed by atoms with Crippen molar-refractivity contribution < 1.29 is 20.1 Å². The van der Waals surface area contributed by atoms with E-state index in [-0.39, 0.29) is 20.3 Å². The Morgan fingerprint density at radius 2 is 2.06 bits per heavy atom. The highest BCUT2D eigenvalue weighted by molar-refractivity contribution is 7.34. The van der Waals surface area contributed by atoms with Gasteiger partial charge in [0.25, 0.3) is 0 Å². The second kappa shape index (κ2) is 5.18. The molecule has 2 rings (SSSR count). The number of aliphatic hydroxyl groups is 3. The third kappa shape index (κ3) is 1.96. The molecule has 2 heterocycles. The van der Waals surface area contributed by atoms with Crippen LogP contribution in [0.2, 0.25) is 0 Å². The fourth-order valence-corrected chi connectivity index (χ4v) is 2.88. The normalized spacial score (nSPS) is 36.7. The van der Waals surface area contributed by atoms with Crippen LogP contribution in [-0.4, -0.2) is 62.9 Å². The molecule has 0 amide bonds. The van der Waals surface area contributed by atoms with Crippen molar-refractivity contribution in [1.29, 1.82) is 10.8 Å². The number of nitrogens with one attached hydrogen (secondary N) is 3. The van der Waals surface area contributed by atoms with Gasteiger partial charge in [-0.15, -0.1) is 0 Å². The first kappa shape index (κ1) is 13.2. The topological polar surface area (TPSA) is 133 Å². The summed E-state index contributed by atoms with van der Waals surface area (Å²) in [6.45, 7) is -0.407. The summed E-state index contributed by atoms with van der Waals surface area (Å²) in [6.07, 6.45) is -4.15. The minimum atomic E-state index is -1.20. The highest BCUT2D eigenvalue weighted by atomic mass is 31.1. The molecule has 0 saturated carbocycles. The second-order valence-corrected chi connectivity index (χ2v) is 4.76. The first-order valence-electron chi connectivity index (χ1n) is 5.17. The van der Waals surface area contributed by atoms with Crippen LogP contribution >= 0.6 is 8.88 Å². The summed E-state index contributed by atoms with van der Waals surface area (Å²) in [6, 6.07) is 0. The molecule has 18 heavy (non-hydrogen) atoms. The zero-order valence-corrected chi connectivity index (χ0v) is 10.2. The van der Waals surface area contributed by atoms with E-state index in [1.165, 1.54) is 4.67 Å². The van der Waals surface area contributed by atoms with Crippen LogP contribution in [0.25, 0.3) is 0 Å². The molecule has 0 aromatic carbocycles. The van der Waals surface area contributed by atoms with Crippen LogP contribution < -0.4 is 5.09 Å². The van der Waals surface area contributed by atoms with Crippen LogP contribution in [-0.2, 0) is 4.74 Å². The molecule has 0 bridgehead atoms. The predicted octanol–water partition coefficient (Wildman–Crippen LogP) is -1.90. The number of hydrogen-bond donors (Lipinski definition) is 6. The molecular formula is C9H13N4O4P. The summed E-state index contributed by atoms with van der Waals surface area (Å²) in [5, 5.41) is 45.6. The van der Waals surface area contributed by atoms with Gasteiger partial charge >= 0.3 is 0 Å². The van der Waals surface area contributed by atoms with Crippen molar-refractivity contribution in [2.45, 2.75) is 24.5 Å². The zero-order chi connectivity index (χ0) is 13.3. The number of rotatable bonds is 2. The van der Waals surface area contributed by atoms with Crippen LogP contribution in [0, 0.1) is 10.8 Å². The summed E-state index contributed by atoms with van der Waals surface area (Å²) in [7, 11) is -0.0587. The maximum atomic E-state index is 9.86. The summed E-state index contributed by atoms with van der Waals surface area (Å²) in [5.41, 5.74) is 0.513. The fourth-order valence-electron chi connectivity index (χ4n) is 1.85. The summed E-state index contributed by atoms with van der Waals surface area (Å²) < 4.78 is 6.82. The molecule has 2 saturated heterocycles. The molecule has 0 aliphatic carbocycles. The lowest BCUT2D eigenvalue weighted by atomic mass is 10.1. The molecule has 2 fully saturated rings. The van der Waals surface area contributed by atoms with E-state index < -0.39 is 31.1 Å². The standard InChI is InChI=1S/C9H13N4O4P/c10-1-4-5(2-11)13(18-12-4)9-8(16)7(15)6(3-14)17-9/h6-12,14-16,18H,3H2/t6-,7-,8-,9-/m1/s1. The predicted molar refractivity (Wildman–Crippen MR) is 63.5 cm³/mol. The van der Waals surface area contributed by atoms with E-state index in [1.807, 2.05) is 0 Å². The van der Waals surface area contributed by atoms with E-state index in [4.69, 9.17) is 20.7 Å². The van der Waals surface area contributed by atoms with Crippen LogP contribution in [0.4, 0.5) is 0 Å². The van der Waals surface area contributed by atoms with Crippen molar-refractivity contribution >= 4 is 20.6 Å². The highest BCUT2D eigenvalue weighted by Gasteiger charge is 2.47. The smallest absolute Gasteiger partial charge is 0.164 e. The largest absolute Gasteiger partial charge is 0.394 e. The van der Waals surface area contributed by atoms with Crippen LogP contribution in [0.5, 0.6) is 0 Å². The molecule has 9 heteroatoms. The van der Waals surface area contributed by atoms with E-state index in [0.717, 1.165) is 0 Å². The van der Waals surface area contributed by atoms with Gasteiger partial charge in [-0.2, -0.15) is 0 Å². The van der Waals surface area contributed by atoms with E-state index in [2.05, 4.69) is 16.8 Å². The second-order valence-electron chi connectivity index (χ2n) is 3.81. The van der Waals surface area contributed by atoms with Crippen LogP contribution in [0.15, 0.2) is 11.4 Å². The monoisotopic (exact) mass is 272 g/mol. The van der Waals surface area contributed by atoms with Crippen molar-refractivity contribution in [2.75, 3.05) is 6.61 Å². The summed E-state index contributed by atoms with van der Waals surface area (Å²) in [5.74, 6) is 4.26. The molecule has 2 aliphatic rings. The quantitative estimate of drug-likeness (QED) is 0.257. The van der Waals surface area contributed by atoms with Gasteiger partial charge in [-0.3, -0.25) is 15.5 Å². The van der Waals surface area contributed by atoms with Gasteiger partial charge in [-0.25, -0.2) is 0 Å². The lowest BCUT2D eigenvalue weighted by Crippen LogP contribution is -2.39. The molecule has 1 unspecified atom stereocenters. The van der Waals surface area contributed by atoms with Gasteiger partial charge in [0.15, 0.2) is 6.23 Å². The van der Waals surface area contributed by atoms with Crippen molar-refractivity contribution in [3.8, 4) is 0 Å². The number of ether oxygens (including phenoxy) is 1. The number of aliphatic hydroxyl groups excluding tert-OH is 3. The van der Waals surface area contributed by atoms with E-state index in [9.17, 15) is 10.2 Å². The molecule has 0 radical (unpaired) electrons. The van der Waals surface area contributed by atoms with Crippen molar-refractivity contribution in [2.24, 2.45) is 0 Å². The molecule has 0 aromatic rings. The average Bonchev–Trinajstić information content (AvgIpc) is 2.92. The Kier molecular flexibility index (Phi) is 3.80. The van der Waals surface area contributed by atoms with Crippen molar-refractivity contribution in [3.05, 3.63) is 11.4 Å². The van der Waals surface area contributed by atoms with Crippen molar-refractivity contribution in [1.82, 2.24) is 9.76 Å². The number of nitrogens with zero attached hydrogens (tertiary/aromatic N) is 1. The Bertz CT molecular complexity index is 446. The average molecular weight is 272 g/mol. The van der Waals surface area contributed by atoms with Gasteiger partial charge in [0.1, 0.15) is 29.7 Å². The first-order valence-corrected chi connectivity index (χ1v) is 6.11. The van der Waals surface area contributed by atoms with Gasteiger partial charge in [-0.1, -0.05) is 0 Å². The molecule has 8 nitrogen and oxygen atoms in total. The minimum Gasteiger partial charge on any atom is -0.394 e. The van der Waals surface area contributed by atoms with Crippen molar-refractivity contribution in [3.63, 3.8) is 0 Å². The third-order valence-electron chi connectivity index (χ3n) is 2.79.